The molecule has 1 saturated heterocycles. The highest BCUT2D eigenvalue weighted by atomic mass is 16.1. The van der Waals surface area contributed by atoms with E-state index in [1.807, 2.05) is 6.92 Å². The lowest BCUT2D eigenvalue weighted by Gasteiger charge is -2.34. The number of carbonyl (C=O) groups excluding carboxylic acids is 1. The fourth-order valence-electron chi connectivity index (χ4n) is 1.98. The zero-order valence-electron chi connectivity index (χ0n) is 8.62. The Morgan fingerprint density at radius 3 is 2.46 bits per heavy atom. The fourth-order valence-corrected chi connectivity index (χ4v) is 1.98. The Balaban J connectivity index is 2.46. The second-order valence-corrected chi connectivity index (χ2v) is 4.04. The van der Waals surface area contributed by atoms with Crippen molar-refractivity contribution in [1.82, 2.24) is 4.90 Å². The number of hydrogen-bond acceptors (Lipinski definition) is 2. The summed E-state index contributed by atoms with van der Waals surface area (Å²) in [4.78, 5) is 13.3. The zero-order chi connectivity index (χ0) is 9.84. The van der Waals surface area contributed by atoms with E-state index in [-0.39, 0.29) is 11.9 Å². The molecule has 1 atom stereocenters. The second-order valence-electron chi connectivity index (χ2n) is 4.04. The SMILES string of the molecule is CCC(C(N)=O)N1CCC(C)CC1. The topological polar surface area (TPSA) is 46.3 Å². The molecule has 2 N–H and O–H groups in total. The Bertz CT molecular complexity index is 174. The molecule has 1 unspecified atom stereocenters. The summed E-state index contributed by atoms with van der Waals surface area (Å²) in [5, 5.41) is 0. The molecule has 1 aliphatic rings. The third-order valence-corrected chi connectivity index (χ3v) is 2.97. The summed E-state index contributed by atoms with van der Waals surface area (Å²) in [6.45, 7) is 6.35. The van der Waals surface area contributed by atoms with E-state index in [2.05, 4.69) is 11.8 Å². The zero-order valence-corrected chi connectivity index (χ0v) is 8.62. The monoisotopic (exact) mass is 184 g/mol. The van der Waals surface area contributed by atoms with E-state index in [4.69, 9.17) is 5.73 Å². The fraction of sp³-hybridized carbons (Fsp3) is 0.900. The van der Waals surface area contributed by atoms with Crippen molar-refractivity contribution in [3.8, 4) is 0 Å². The third kappa shape index (κ3) is 2.69. The smallest absolute Gasteiger partial charge is 0.234 e. The number of carbonyl (C=O) groups is 1. The minimum absolute atomic E-state index is 0.0347. The normalized spacial score (nSPS) is 22.9. The van der Waals surface area contributed by atoms with Crippen LogP contribution in [-0.2, 0) is 4.79 Å². The lowest BCUT2D eigenvalue weighted by Crippen LogP contribution is -2.47. The van der Waals surface area contributed by atoms with Crippen molar-refractivity contribution in [3.05, 3.63) is 0 Å². The summed E-state index contributed by atoms with van der Waals surface area (Å²) in [6, 6.07) is -0.0347. The predicted molar refractivity (Wildman–Crippen MR) is 53.2 cm³/mol. The summed E-state index contributed by atoms with van der Waals surface area (Å²) in [6.07, 6.45) is 3.23. The third-order valence-electron chi connectivity index (χ3n) is 2.97. The van der Waals surface area contributed by atoms with Gasteiger partial charge in [0.05, 0.1) is 6.04 Å². The summed E-state index contributed by atoms with van der Waals surface area (Å²) in [5.74, 6) is 0.638. The molecule has 0 aromatic heterocycles. The van der Waals surface area contributed by atoms with Crippen molar-refractivity contribution >= 4 is 5.91 Å². The van der Waals surface area contributed by atoms with Crippen LogP contribution >= 0.6 is 0 Å². The Kier molecular flexibility index (Phi) is 3.72. The predicted octanol–water partition coefficient (Wildman–Crippen LogP) is 0.982. The van der Waals surface area contributed by atoms with Crippen LogP contribution in [0, 0.1) is 5.92 Å². The van der Waals surface area contributed by atoms with Gasteiger partial charge in [-0.25, -0.2) is 0 Å². The number of piperidine rings is 1. The first kappa shape index (κ1) is 10.5. The van der Waals surface area contributed by atoms with Crippen LogP contribution in [0.5, 0.6) is 0 Å². The van der Waals surface area contributed by atoms with Gasteiger partial charge < -0.3 is 5.73 Å². The molecule has 0 spiro atoms. The summed E-state index contributed by atoms with van der Waals surface area (Å²) in [7, 11) is 0. The molecule has 0 aromatic rings. The summed E-state index contributed by atoms with van der Waals surface area (Å²) in [5.41, 5.74) is 5.33. The average Bonchev–Trinajstić information content (AvgIpc) is 2.09. The van der Waals surface area contributed by atoms with Crippen LogP contribution in [0.25, 0.3) is 0 Å². The van der Waals surface area contributed by atoms with Crippen molar-refractivity contribution in [2.45, 2.75) is 39.2 Å². The molecule has 76 valence electrons. The van der Waals surface area contributed by atoms with E-state index in [1.54, 1.807) is 0 Å². The van der Waals surface area contributed by atoms with Crippen LogP contribution in [0.4, 0.5) is 0 Å². The van der Waals surface area contributed by atoms with Crippen molar-refractivity contribution in [2.24, 2.45) is 11.7 Å². The molecule has 3 heteroatoms. The van der Waals surface area contributed by atoms with Gasteiger partial charge in [0.15, 0.2) is 0 Å². The molecule has 0 saturated carbocycles. The van der Waals surface area contributed by atoms with Gasteiger partial charge in [-0.05, 0) is 38.3 Å². The van der Waals surface area contributed by atoms with E-state index in [0.717, 1.165) is 25.4 Å². The van der Waals surface area contributed by atoms with Gasteiger partial charge in [0.1, 0.15) is 0 Å². The van der Waals surface area contributed by atoms with E-state index in [9.17, 15) is 4.79 Å². The molecule has 3 nitrogen and oxygen atoms in total. The number of primary amides is 1. The molecular formula is C10H20N2O. The molecule has 0 aliphatic carbocycles. The van der Waals surface area contributed by atoms with Gasteiger partial charge in [-0.1, -0.05) is 13.8 Å². The number of likely N-dealkylation sites (tertiary alicyclic amines) is 1. The van der Waals surface area contributed by atoms with Gasteiger partial charge in [-0.2, -0.15) is 0 Å². The van der Waals surface area contributed by atoms with Gasteiger partial charge in [0.2, 0.25) is 5.91 Å². The molecule has 1 aliphatic heterocycles. The van der Waals surface area contributed by atoms with E-state index in [1.165, 1.54) is 12.8 Å². The number of nitrogens with two attached hydrogens (primary N) is 1. The van der Waals surface area contributed by atoms with Crippen LogP contribution in [0.1, 0.15) is 33.1 Å². The molecule has 13 heavy (non-hydrogen) atoms. The largest absolute Gasteiger partial charge is 0.368 e. The lowest BCUT2D eigenvalue weighted by atomic mass is 9.97. The molecule has 0 radical (unpaired) electrons. The van der Waals surface area contributed by atoms with Crippen molar-refractivity contribution in [3.63, 3.8) is 0 Å². The van der Waals surface area contributed by atoms with Crippen LogP contribution in [0.2, 0.25) is 0 Å². The highest BCUT2D eigenvalue weighted by Crippen LogP contribution is 2.18. The number of amides is 1. The van der Waals surface area contributed by atoms with Crippen molar-refractivity contribution in [1.29, 1.82) is 0 Å². The van der Waals surface area contributed by atoms with E-state index >= 15 is 0 Å². The summed E-state index contributed by atoms with van der Waals surface area (Å²) < 4.78 is 0. The molecule has 1 rings (SSSR count). The van der Waals surface area contributed by atoms with Gasteiger partial charge in [0.25, 0.3) is 0 Å². The average molecular weight is 184 g/mol. The Morgan fingerprint density at radius 1 is 1.54 bits per heavy atom. The van der Waals surface area contributed by atoms with Crippen molar-refractivity contribution < 1.29 is 4.79 Å². The minimum atomic E-state index is -0.169. The maximum atomic E-state index is 11.1. The maximum absolute atomic E-state index is 11.1. The van der Waals surface area contributed by atoms with Crippen LogP contribution in [0.15, 0.2) is 0 Å². The Labute approximate surface area is 80.3 Å². The van der Waals surface area contributed by atoms with E-state index < -0.39 is 0 Å². The molecule has 1 amide bonds. The van der Waals surface area contributed by atoms with E-state index in [0.29, 0.717) is 0 Å². The molecule has 1 fully saturated rings. The van der Waals surface area contributed by atoms with Crippen molar-refractivity contribution in [2.75, 3.05) is 13.1 Å². The quantitative estimate of drug-likeness (QED) is 0.710. The Morgan fingerprint density at radius 2 is 2.08 bits per heavy atom. The van der Waals surface area contributed by atoms with Gasteiger partial charge in [0, 0.05) is 0 Å². The molecule has 0 bridgehead atoms. The van der Waals surface area contributed by atoms with Crippen LogP contribution in [-0.4, -0.2) is 29.9 Å². The first-order valence-electron chi connectivity index (χ1n) is 5.18. The Hall–Kier alpha value is -0.570. The van der Waals surface area contributed by atoms with Crippen LogP contribution < -0.4 is 5.73 Å². The first-order chi connectivity index (χ1) is 6.15. The highest BCUT2D eigenvalue weighted by molar-refractivity contribution is 5.79. The highest BCUT2D eigenvalue weighted by Gasteiger charge is 2.25. The number of hydrogen-bond donors (Lipinski definition) is 1. The minimum Gasteiger partial charge on any atom is -0.368 e. The first-order valence-corrected chi connectivity index (χ1v) is 5.18. The lowest BCUT2D eigenvalue weighted by molar-refractivity contribution is -0.123. The maximum Gasteiger partial charge on any atom is 0.234 e. The standard InChI is InChI=1S/C10H20N2O/c1-3-9(10(11)13)12-6-4-8(2)5-7-12/h8-9H,3-7H2,1-2H3,(H2,11,13). The van der Waals surface area contributed by atoms with Crippen LogP contribution in [0.3, 0.4) is 0 Å². The number of rotatable bonds is 3. The van der Waals surface area contributed by atoms with Gasteiger partial charge in [-0.3, -0.25) is 9.69 Å². The second kappa shape index (κ2) is 4.61. The molecule has 1 heterocycles. The summed E-state index contributed by atoms with van der Waals surface area (Å²) >= 11 is 0. The molecule has 0 aromatic carbocycles. The number of nitrogens with zero attached hydrogens (tertiary/aromatic N) is 1. The van der Waals surface area contributed by atoms with Gasteiger partial charge in [-0.15, -0.1) is 0 Å². The van der Waals surface area contributed by atoms with Gasteiger partial charge >= 0.3 is 0 Å². The molecular weight excluding hydrogens is 164 g/mol.